The third kappa shape index (κ3) is 4.65. The minimum Gasteiger partial charge on any atom is -0.381 e. The quantitative estimate of drug-likeness (QED) is 0.604. The van der Waals surface area contributed by atoms with Gasteiger partial charge in [-0.05, 0) is 44.5 Å². The lowest BCUT2D eigenvalue weighted by Crippen LogP contribution is -2.34. The first-order valence-electron chi connectivity index (χ1n) is 7.78. The second-order valence-electron chi connectivity index (χ2n) is 5.97. The first kappa shape index (κ1) is 17.7. The molecule has 1 saturated heterocycles. The van der Waals surface area contributed by atoms with E-state index in [4.69, 9.17) is 0 Å². The molecule has 2 rings (SSSR count). The highest BCUT2D eigenvalue weighted by atomic mass is 32.2. The summed E-state index contributed by atoms with van der Waals surface area (Å²) in [6, 6.07) is 4.38. The molecule has 0 bridgehead atoms. The molecule has 8 heteroatoms. The van der Waals surface area contributed by atoms with Crippen LogP contribution in [0, 0.1) is 10.1 Å². The topological polar surface area (TPSA) is 92.6 Å². The van der Waals surface area contributed by atoms with Crippen molar-refractivity contribution in [2.24, 2.45) is 0 Å². The van der Waals surface area contributed by atoms with E-state index in [1.807, 2.05) is 0 Å². The minimum absolute atomic E-state index is 0.178. The van der Waals surface area contributed by atoms with Crippen LogP contribution in [0.5, 0.6) is 0 Å². The highest BCUT2D eigenvalue weighted by molar-refractivity contribution is 7.90. The maximum Gasteiger partial charge on any atom is 0.290 e. The van der Waals surface area contributed by atoms with Crippen molar-refractivity contribution in [2.75, 3.05) is 31.2 Å². The monoisotopic (exact) mass is 341 g/mol. The largest absolute Gasteiger partial charge is 0.381 e. The summed E-state index contributed by atoms with van der Waals surface area (Å²) in [6.07, 6.45) is 4.29. The first-order chi connectivity index (χ1) is 10.8. The normalized spacial score (nSPS) is 17.1. The first-order valence-corrected chi connectivity index (χ1v) is 9.67. The van der Waals surface area contributed by atoms with E-state index in [1.165, 1.54) is 25.0 Å². The van der Waals surface area contributed by atoms with Gasteiger partial charge in [-0.2, -0.15) is 0 Å². The van der Waals surface area contributed by atoms with Crippen molar-refractivity contribution < 1.29 is 13.3 Å². The molecule has 23 heavy (non-hydrogen) atoms. The van der Waals surface area contributed by atoms with Crippen LogP contribution in [-0.4, -0.2) is 50.2 Å². The van der Waals surface area contributed by atoms with Crippen LogP contribution < -0.4 is 5.32 Å². The zero-order valence-electron chi connectivity index (χ0n) is 13.5. The molecule has 128 valence electrons. The molecule has 0 saturated carbocycles. The molecule has 7 nitrogen and oxygen atoms in total. The highest BCUT2D eigenvalue weighted by Gasteiger charge is 2.23. The van der Waals surface area contributed by atoms with Gasteiger partial charge in [-0.25, -0.2) is 8.42 Å². The van der Waals surface area contributed by atoms with E-state index >= 15 is 0 Å². The maximum absolute atomic E-state index is 11.6. The van der Waals surface area contributed by atoms with E-state index in [1.54, 1.807) is 6.07 Å². The van der Waals surface area contributed by atoms with Crippen LogP contribution in [0.25, 0.3) is 0 Å². The van der Waals surface area contributed by atoms with Crippen LogP contribution in [0.15, 0.2) is 23.1 Å². The van der Waals surface area contributed by atoms with Gasteiger partial charge >= 0.3 is 0 Å². The smallest absolute Gasteiger partial charge is 0.290 e. The Kier molecular flexibility index (Phi) is 5.59. The molecule has 0 aliphatic carbocycles. The number of rotatable bonds is 7. The van der Waals surface area contributed by atoms with Crippen LogP contribution in [0.2, 0.25) is 0 Å². The molecule has 0 aromatic heterocycles. The van der Waals surface area contributed by atoms with Crippen molar-refractivity contribution in [1.82, 2.24) is 4.90 Å². The lowest BCUT2D eigenvalue weighted by molar-refractivity contribution is -0.387. The molecule has 1 atom stereocenters. The Hall–Kier alpha value is -1.67. The van der Waals surface area contributed by atoms with Crippen molar-refractivity contribution in [3.63, 3.8) is 0 Å². The Morgan fingerprint density at radius 3 is 2.52 bits per heavy atom. The standard InChI is InChI=1S/C15H23N3O4S/c1-3-12(11-17-8-4-5-9-17)16-13-6-7-15(23(2,21)22)14(10-13)18(19)20/h6-7,10,12,16H,3-5,8-9,11H2,1-2H3/t12-/m1/s1. The predicted molar refractivity (Wildman–Crippen MR) is 89.6 cm³/mol. The van der Waals surface area contributed by atoms with Gasteiger partial charge in [0, 0.05) is 30.6 Å². The molecular weight excluding hydrogens is 318 g/mol. The minimum atomic E-state index is -3.63. The summed E-state index contributed by atoms with van der Waals surface area (Å²) in [7, 11) is -3.63. The molecule has 0 amide bonds. The number of nitro groups is 1. The molecular formula is C15H23N3O4S. The van der Waals surface area contributed by atoms with E-state index in [-0.39, 0.29) is 16.6 Å². The summed E-state index contributed by atoms with van der Waals surface area (Å²) in [5.41, 5.74) is 0.198. The Labute approximate surface area is 136 Å². The van der Waals surface area contributed by atoms with Gasteiger partial charge in [0.05, 0.1) is 4.92 Å². The second kappa shape index (κ2) is 7.27. The number of likely N-dealkylation sites (tertiary alicyclic amines) is 1. The van der Waals surface area contributed by atoms with Crippen LogP contribution in [0.4, 0.5) is 11.4 Å². The van der Waals surface area contributed by atoms with Crippen molar-refractivity contribution >= 4 is 21.2 Å². The maximum atomic E-state index is 11.6. The fourth-order valence-electron chi connectivity index (χ4n) is 2.85. The molecule has 1 N–H and O–H groups in total. The number of nitrogens with zero attached hydrogens (tertiary/aromatic N) is 2. The zero-order valence-corrected chi connectivity index (χ0v) is 14.3. The average molecular weight is 341 g/mol. The summed E-state index contributed by atoms with van der Waals surface area (Å²) < 4.78 is 23.3. The number of hydrogen-bond donors (Lipinski definition) is 1. The van der Waals surface area contributed by atoms with Gasteiger partial charge in [-0.3, -0.25) is 10.1 Å². The summed E-state index contributed by atoms with van der Waals surface area (Å²) in [6.45, 7) is 5.13. The van der Waals surface area contributed by atoms with Gasteiger partial charge in [-0.1, -0.05) is 6.92 Å². The number of nitrogens with one attached hydrogen (secondary N) is 1. The summed E-state index contributed by atoms with van der Waals surface area (Å²) in [4.78, 5) is 12.6. The summed E-state index contributed by atoms with van der Waals surface area (Å²) in [5, 5.41) is 14.4. The molecule has 1 aromatic rings. The van der Waals surface area contributed by atoms with Gasteiger partial charge in [0.1, 0.15) is 4.90 Å². The van der Waals surface area contributed by atoms with E-state index < -0.39 is 14.8 Å². The molecule has 0 spiro atoms. The number of nitro benzene ring substituents is 1. The van der Waals surface area contributed by atoms with Crippen molar-refractivity contribution in [3.05, 3.63) is 28.3 Å². The molecule has 1 fully saturated rings. The Morgan fingerprint density at radius 2 is 2.00 bits per heavy atom. The van der Waals surface area contributed by atoms with Gasteiger partial charge in [-0.15, -0.1) is 0 Å². The predicted octanol–water partition coefficient (Wildman–Crippen LogP) is 2.28. The molecule has 0 radical (unpaired) electrons. The molecule has 1 heterocycles. The summed E-state index contributed by atoms with van der Waals surface area (Å²) >= 11 is 0. The number of sulfone groups is 1. The van der Waals surface area contributed by atoms with Crippen LogP contribution in [0.1, 0.15) is 26.2 Å². The fraction of sp³-hybridized carbons (Fsp3) is 0.600. The number of anilines is 1. The Balaban J connectivity index is 2.18. The third-order valence-corrected chi connectivity index (χ3v) is 5.24. The molecule has 1 aliphatic heterocycles. The van der Waals surface area contributed by atoms with Crippen LogP contribution in [0.3, 0.4) is 0 Å². The van der Waals surface area contributed by atoms with Gasteiger partial charge in [0.2, 0.25) is 0 Å². The highest BCUT2D eigenvalue weighted by Crippen LogP contribution is 2.27. The van der Waals surface area contributed by atoms with E-state index in [0.29, 0.717) is 5.69 Å². The fourth-order valence-corrected chi connectivity index (χ4v) is 3.68. The van der Waals surface area contributed by atoms with Crippen LogP contribution in [-0.2, 0) is 9.84 Å². The summed E-state index contributed by atoms with van der Waals surface area (Å²) in [5.74, 6) is 0. The number of hydrogen-bond acceptors (Lipinski definition) is 6. The van der Waals surface area contributed by atoms with E-state index in [0.717, 1.165) is 32.3 Å². The van der Waals surface area contributed by atoms with Crippen molar-refractivity contribution in [3.8, 4) is 0 Å². The van der Waals surface area contributed by atoms with Gasteiger partial charge in [0.25, 0.3) is 5.69 Å². The molecule has 1 aliphatic rings. The lowest BCUT2D eigenvalue weighted by atomic mass is 10.2. The van der Waals surface area contributed by atoms with Crippen molar-refractivity contribution in [1.29, 1.82) is 0 Å². The van der Waals surface area contributed by atoms with Crippen molar-refractivity contribution in [2.45, 2.75) is 37.1 Å². The van der Waals surface area contributed by atoms with E-state index in [2.05, 4.69) is 17.1 Å². The van der Waals surface area contributed by atoms with E-state index in [9.17, 15) is 18.5 Å². The van der Waals surface area contributed by atoms with Gasteiger partial charge < -0.3 is 10.2 Å². The SMILES string of the molecule is CC[C@H](CN1CCCC1)Nc1ccc(S(C)(=O)=O)c([N+](=O)[O-])c1. The Bertz CT molecular complexity index is 669. The average Bonchev–Trinajstić information content (AvgIpc) is 2.98. The molecule has 1 aromatic carbocycles. The molecule has 0 unspecified atom stereocenters. The van der Waals surface area contributed by atoms with Crippen LogP contribution >= 0.6 is 0 Å². The zero-order chi connectivity index (χ0) is 17.0. The number of benzene rings is 1. The second-order valence-corrected chi connectivity index (χ2v) is 7.95. The lowest BCUT2D eigenvalue weighted by Gasteiger charge is -2.24. The van der Waals surface area contributed by atoms with Gasteiger partial charge in [0.15, 0.2) is 9.84 Å². The third-order valence-electron chi connectivity index (χ3n) is 4.10. The Morgan fingerprint density at radius 1 is 1.35 bits per heavy atom.